The number of nitrogens with two attached hydrogens (primary N) is 1. The highest BCUT2D eigenvalue weighted by Crippen LogP contribution is 2.24. The largest absolute Gasteiger partial charge is 0.573 e. The summed E-state index contributed by atoms with van der Waals surface area (Å²) in [7, 11) is 0. The highest BCUT2D eigenvalue weighted by Gasteiger charge is 2.30. The van der Waals surface area contributed by atoms with Gasteiger partial charge in [0.15, 0.2) is 5.96 Å². The molecule has 156 valence electrons. The molecule has 0 radical (unpaired) electrons. The van der Waals surface area contributed by atoms with E-state index in [4.69, 9.17) is 10.5 Å². The van der Waals surface area contributed by atoms with Gasteiger partial charge in [-0.25, -0.2) is 9.38 Å². The summed E-state index contributed by atoms with van der Waals surface area (Å²) >= 11 is 0. The molecule has 0 amide bonds. The zero-order valence-electron chi connectivity index (χ0n) is 15.4. The summed E-state index contributed by atoms with van der Waals surface area (Å²) in [6, 6.07) is 9.94. The number of alkyl halides is 3. The fourth-order valence-electron chi connectivity index (χ4n) is 2.81. The van der Waals surface area contributed by atoms with Gasteiger partial charge in [-0.3, -0.25) is 0 Å². The Labute approximate surface area is 164 Å². The number of nitrogens with zero attached hydrogens (tertiary/aromatic N) is 2. The van der Waals surface area contributed by atoms with E-state index in [2.05, 4.69) is 15.0 Å². The van der Waals surface area contributed by atoms with Gasteiger partial charge in [-0.05, 0) is 42.0 Å². The Balaban J connectivity index is 1.57. The van der Waals surface area contributed by atoms with Crippen LogP contribution in [0.3, 0.4) is 0 Å². The van der Waals surface area contributed by atoms with Crippen LogP contribution in [0.4, 0.5) is 28.9 Å². The SMILES string of the molecule is NC(=NCc1ccc(N2CCOCC2)c(F)c1)Nc1ccc(OC(F)(F)F)cc1. The van der Waals surface area contributed by atoms with Crippen LogP contribution in [0, 0.1) is 5.82 Å². The second-order valence-corrected chi connectivity index (χ2v) is 6.28. The number of hydrogen-bond acceptors (Lipinski definition) is 4. The lowest BCUT2D eigenvalue weighted by atomic mass is 10.1. The third kappa shape index (κ3) is 6.24. The first-order chi connectivity index (χ1) is 13.8. The van der Waals surface area contributed by atoms with E-state index in [1.54, 1.807) is 12.1 Å². The molecule has 0 saturated carbocycles. The minimum Gasteiger partial charge on any atom is -0.406 e. The molecular weight excluding hydrogens is 392 g/mol. The van der Waals surface area contributed by atoms with E-state index in [0.29, 0.717) is 43.2 Å². The minimum absolute atomic E-state index is 0.0483. The summed E-state index contributed by atoms with van der Waals surface area (Å²) in [4.78, 5) is 6.05. The fourth-order valence-corrected chi connectivity index (χ4v) is 2.81. The summed E-state index contributed by atoms with van der Waals surface area (Å²) in [6.07, 6.45) is -4.75. The van der Waals surface area contributed by atoms with Gasteiger partial charge in [-0.15, -0.1) is 13.2 Å². The van der Waals surface area contributed by atoms with Gasteiger partial charge in [0.05, 0.1) is 25.4 Å². The van der Waals surface area contributed by atoms with Crippen LogP contribution in [-0.4, -0.2) is 38.6 Å². The Morgan fingerprint density at radius 1 is 1.14 bits per heavy atom. The van der Waals surface area contributed by atoms with E-state index in [9.17, 15) is 17.6 Å². The maximum absolute atomic E-state index is 14.4. The van der Waals surface area contributed by atoms with Crippen molar-refractivity contribution in [2.75, 3.05) is 36.5 Å². The van der Waals surface area contributed by atoms with E-state index in [1.165, 1.54) is 18.2 Å². The molecule has 0 unspecified atom stereocenters. The summed E-state index contributed by atoms with van der Waals surface area (Å²) in [5.41, 5.74) is 7.39. The number of aliphatic imine (C=N–C) groups is 1. The first-order valence-corrected chi connectivity index (χ1v) is 8.84. The van der Waals surface area contributed by atoms with Crippen LogP contribution in [0.2, 0.25) is 0 Å². The summed E-state index contributed by atoms with van der Waals surface area (Å²) in [6.45, 7) is 2.55. The second-order valence-electron chi connectivity index (χ2n) is 6.28. The maximum atomic E-state index is 14.4. The summed E-state index contributed by atoms with van der Waals surface area (Å²) in [5.74, 6) is -0.632. The van der Waals surface area contributed by atoms with Crippen LogP contribution in [0.25, 0.3) is 0 Å². The number of anilines is 2. The molecule has 3 N–H and O–H groups in total. The Kier molecular flexibility index (Phi) is 6.42. The average Bonchev–Trinajstić information content (AvgIpc) is 2.67. The molecule has 6 nitrogen and oxygen atoms in total. The van der Waals surface area contributed by atoms with Crippen LogP contribution >= 0.6 is 0 Å². The van der Waals surface area contributed by atoms with Gasteiger partial charge >= 0.3 is 6.36 Å². The molecule has 1 saturated heterocycles. The summed E-state index contributed by atoms with van der Waals surface area (Å²) in [5, 5.41) is 2.75. The number of nitrogens with one attached hydrogen (secondary N) is 1. The lowest BCUT2D eigenvalue weighted by Gasteiger charge is -2.29. The molecule has 1 aliphatic rings. The van der Waals surface area contributed by atoms with Crippen LogP contribution in [0.15, 0.2) is 47.5 Å². The van der Waals surface area contributed by atoms with Gasteiger partial charge < -0.3 is 25.4 Å². The maximum Gasteiger partial charge on any atom is 0.573 e. The van der Waals surface area contributed by atoms with Gasteiger partial charge in [0.25, 0.3) is 0 Å². The molecule has 29 heavy (non-hydrogen) atoms. The molecule has 2 aromatic rings. The zero-order chi connectivity index (χ0) is 20.9. The van der Waals surface area contributed by atoms with Crippen molar-refractivity contribution in [3.8, 4) is 5.75 Å². The molecule has 0 spiro atoms. The third-order valence-corrected chi connectivity index (χ3v) is 4.16. The van der Waals surface area contributed by atoms with Crippen molar-refractivity contribution in [1.82, 2.24) is 0 Å². The lowest BCUT2D eigenvalue weighted by molar-refractivity contribution is -0.274. The Hall–Kier alpha value is -3.01. The van der Waals surface area contributed by atoms with Crippen LogP contribution in [-0.2, 0) is 11.3 Å². The molecule has 1 fully saturated rings. The quantitative estimate of drug-likeness (QED) is 0.447. The number of guanidine groups is 1. The smallest absolute Gasteiger partial charge is 0.406 e. The van der Waals surface area contributed by atoms with Crippen LogP contribution < -0.4 is 20.7 Å². The van der Waals surface area contributed by atoms with Crippen molar-refractivity contribution in [3.05, 3.63) is 53.8 Å². The van der Waals surface area contributed by atoms with Crippen LogP contribution in [0.5, 0.6) is 5.75 Å². The lowest BCUT2D eigenvalue weighted by Crippen LogP contribution is -2.36. The van der Waals surface area contributed by atoms with Crippen molar-refractivity contribution >= 4 is 17.3 Å². The van der Waals surface area contributed by atoms with Crippen molar-refractivity contribution in [3.63, 3.8) is 0 Å². The standard InChI is InChI=1S/C19H20F4N4O2/c20-16-11-13(1-6-17(16)27-7-9-28-10-8-27)12-25-18(24)26-14-2-4-15(5-3-14)29-19(21,22)23/h1-6,11H,7-10,12H2,(H3,24,25,26). The highest BCUT2D eigenvalue weighted by molar-refractivity contribution is 5.92. The Morgan fingerprint density at radius 3 is 2.45 bits per heavy atom. The van der Waals surface area contributed by atoms with E-state index >= 15 is 0 Å². The first kappa shape index (κ1) is 20.7. The zero-order valence-corrected chi connectivity index (χ0v) is 15.4. The normalized spacial score (nSPS) is 15.3. The fraction of sp³-hybridized carbons (Fsp3) is 0.316. The van der Waals surface area contributed by atoms with Gasteiger partial charge in [0.2, 0.25) is 0 Å². The number of ether oxygens (including phenoxy) is 2. The van der Waals surface area contributed by atoms with E-state index in [0.717, 1.165) is 12.1 Å². The second kappa shape index (κ2) is 8.99. The molecule has 1 aliphatic heterocycles. The molecule has 0 atom stereocenters. The van der Waals surface area contributed by atoms with E-state index < -0.39 is 6.36 Å². The predicted octanol–water partition coefficient (Wildman–Crippen LogP) is 3.49. The van der Waals surface area contributed by atoms with Crippen LogP contribution in [0.1, 0.15) is 5.56 Å². The van der Waals surface area contributed by atoms with E-state index in [-0.39, 0.29) is 24.1 Å². The minimum atomic E-state index is -4.75. The molecule has 0 aromatic heterocycles. The molecular formula is C19H20F4N4O2. The number of halogens is 4. The monoisotopic (exact) mass is 412 g/mol. The van der Waals surface area contributed by atoms with E-state index in [1.807, 2.05) is 4.90 Å². The number of rotatable bonds is 5. The van der Waals surface area contributed by atoms with Crippen molar-refractivity contribution in [2.24, 2.45) is 10.7 Å². The number of morpholine rings is 1. The van der Waals surface area contributed by atoms with Crippen molar-refractivity contribution in [2.45, 2.75) is 12.9 Å². The van der Waals surface area contributed by atoms with Gasteiger partial charge in [0, 0.05) is 18.8 Å². The molecule has 2 aromatic carbocycles. The van der Waals surface area contributed by atoms with Crippen molar-refractivity contribution < 1.29 is 27.0 Å². The third-order valence-electron chi connectivity index (χ3n) is 4.16. The average molecular weight is 412 g/mol. The Bertz CT molecular complexity index is 850. The molecule has 0 aliphatic carbocycles. The van der Waals surface area contributed by atoms with Crippen molar-refractivity contribution in [1.29, 1.82) is 0 Å². The highest BCUT2D eigenvalue weighted by atomic mass is 19.4. The van der Waals surface area contributed by atoms with Gasteiger partial charge in [-0.2, -0.15) is 0 Å². The van der Waals surface area contributed by atoms with Gasteiger partial charge in [0.1, 0.15) is 11.6 Å². The van der Waals surface area contributed by atoms with Gasteiger partial charge in [-0.1, -0.05) is 6.07 Å². The predicted molar refractivity (Wildman–Crippen MR) is 102 cm³/mol. The number of hydrogen-bond donors (Lipinski definition) is 2. The molecule has 10 heteroatoms. The topological polar surface area (TPSA) is 72.1 Å². The number of benzene rings is 2. The molecule has 0 bridgehead atoms. The first-order valence-electron chi connectivity index (χ1n) is 8.84. The molecule has 1 heterocycles. The molecule has 3 rings (SSSR count). The Morgan fingerprint density at radius 2 is 1.83 bits per heavy atom. The summed E-state index contributed by atoms with van der Waals surface area (Å²) < 4.78 is 59.9.